The van der Waals surface area contributed by atoms with Crippen molar-refractivity contribution in [2.45, 2.75) is 64.7 Å². The Kier molecular flexibility index (Phi) is 10.7. The summed E-state index contributed by atoms with van der Waals surface area (Å²) in [7, 11) is 2.00. The maximum absolute atomic E-state index is 5.46. The summed E-state index contributed by atoms with van der Waals surface area (Å²) < 4.78 is 0. The monoisotopic (exact) mass is 871 g/mol. The Balaban J connectivity index is 0.000000313. The summed E-state index contributed by atoms with van der Waals surface area (Å²) in [6.45, 7) is 17.7. The first-order valence-corrected chi connectivity index (χ1v) is 18.0. The number of hydrogen-bond donors (Lipinski definition) is 0. The molecule has 6 aromatic rings. The van der Waals surface area contributed by atoms with E-state index in [9.17, 15) is 0 Å². The molecule has 2 aliphatic rings. The smallest absolute Gasteiger partial charge is 0.0814 e. The third-order valence-corrected chi connectivity index (χ3v) is 10.1. The van der Waals surface area contributed by atoms with Crippen molar-refractivity contribution in [2.24, 2.45) is 0 Å². The van der Waals surface area contributed by atoms with Crippen LogP contribution in [0.3, 0.4) is 0 Å². The van der Waals surface area contributed by atoms with Gasteiger partial charge in [0, 0.05) is 32.0 Å². The van der Waals surface area contributed by atoms with Gasteiger partial charge in [-0.2, -0.15) is 61.3 Å². The number of anilines is 1. The van der Waals surface area contributed by atoms with Gasteiger partial charge in [-0.1, -0.05) is 90.4 Å². The van der Waals surface area contributed by atoms with Crippen molar-refractivity contribution in [3.05, 3.63) is 192 Å². The topological polar surface area (TPSA) is 32.3 Å². The number of pyridine rings is 2. The predicted molar refractivity (Wildman–Crippen MR) is 214 cm³/mol. The van der Waals surface area contributed by atoms with Crippen molar-refractivity contribution >= 4 is 5.69 Å². The third kappa shape index (κ3) is 7.13. The zero-order valence-electron chi connectivity index (χ0n) is 31.8. The van der Waals surface area contributed by atoms with Gasteiger partial charge in [0.25, 0.3) is 0 Å². The van der Waals surface area contributed by atoms with E-state index in [1.807, 2.05) is 78.5 Å². The number of aromatic nitrogens is 2. The second-order valence-corrected chi connectivity index (χ2v) is 15.7. The van der Waals surface area contributed by atoms with Crippen LogP contribution in [-0.4, -0.2) is 21.9 Å². The number of para-hydroxylation sites is 1. The largest absolute Gasteiger partial charge is 0.510 e. The van der Waals surface area contributed by atoms with E-state index in [1.165, 1.54) is 33.4 Å². The first-order valence-electron chi connectivity index (χ1n) is 18.0. The fraction of sp³-hybridized carbons (Fsp3) is 0.229. The third-order valence-electron chi connectivity index (χ3n) is 10.1. The van der Waals surface area contributed by atoms with Crippen molar-refractivity contribution in [3.8, 4) is 22.4 Å². The Hall–Kier alpha value is -4.83. The van der Waals surface area contributed by atoms with Gasteiger partial charge in [-0.3, -0.25) is 9.97 Å². The van der Waals surface area contributed by atoms with E-state index in [-0.39, 0.29) is 30.9 Å². The summed E-state index contributed by atoms with van der Waals surface area (Å²) >= 11 is 0. The molecule has 4 nitrogen and oxygen atoms in total. The molecule has 0 fully saturated rings. The number of nitrogens with zero attached hydrogens (tertiary/aromatic N) is 4. The van der Waals surface area contributed by atoms with Crippen LogP contribution >= 0.6 is 0 Å². The van der Waals surface area contributed by atoms with Crippen molar-refractivity contribution in [2.75, 3.05) is 11.9 Å². The molecule has 1 aliphatic heterocycles. The van der Waals surface area contributed by atoms with Crippen molar-refractivity contribution in [3.63, 3.8) is 0 Å². The Morgan fingerprint density at radius 1 is 0.698 bits per heavy atom. The van der Waals surface area contributed by atoms with E-state index in [0.29, 0.717) is 0 Å². The molecule has 271 valence electrons. The normalized spacial score (nSPS) is 16.0. The van der Waals surface area contributed by atoms with E-state index >= 15 is 0 Å². The quantitative estimate of drug-likeness (QED) is 0.165. The molecule has 1 aliphatic carbocycles. The number of hydrogen-bond acceptors (Lipinski definition) is 4. The van der Waals surface area contributed by atoms with Crippen LogP contribution in [-0.2, 0) is 36.4 Å². The maximum atomic E-state index is 5.46. The molecule has 8 rings (SSSR count). The molecule has 0 bridgehead atoms. The molecule has 0 saturated heterocycles. The van der Waals surface area contributed by atoms with Gasteiger partial charge in [0.15, 0.2) is 0 Å². The first kappa shape index (κ1) is 37.9. The van der Waals surface area contributed by atoms with Gasteiger partial charge < -0.3 is 9.80 Å². The van der Waals surface area contributed by atoms with Crippen molar-refractivity contribution in [1.29, 1.82) is 0 Å². The zero-order chi connectivity index (χ0) is 36.7. The van der Waals surface area contributed by atoms with Gasteiger partial charge in [-0.25, -0.2) is 0 Å². The Morgan fingerprint density at radius 3 is 2.17 bits per heavy atom. The first-order chi connectivity index (χ1) is 24.9. The van der Waals surface area contributed by atoms with E-state index in [4.69, 9.17) is 9.97 Å². The Bertz CT molecular complexity index is 2200. The molecule has 5 heteroatoms. The van der Waals surface area contributed by atoms with Crippen LogP contribution in [0.2, 0.25) is 0 Å². The number of benzene rings is 4. The molecular formula is C48H46IrN4-4. The van der Waals surface area contributed by atoms with Crippen LogP contribution in [0.4, 0.5) is 5.69 Å². The molecule has 0 unspecified atom stereocenters. The van der Waals surface area contributed by atoms with Crippen LogP contribution in [0.1, 0.15) is 80.7 Å². The molecule has 0 spiro atoms. The molecule has 3 heterocycles. The van der Waals surface area contributed by atoms with Crippen LogP contribution in [0.5, 0.6) is 0 Å². The van der Waals surface area contributed by atoms with Gasteiger partial charge in [-0.15, -0.1) is 51.7 Å². The minimum atomic E-state index is -0.694. The summed E-state index contributed by atoms with van der Waals surface area (Å²) in [5.41, 5.74) is 12.8. The Labute approximate surface area is 330 Å². The number of rotatable bonds is 4. The van der Waals surface area contributed by atoms with Crippen LogP contribution in [0.25, 0.3) is 22.4 Å². The molecule has 0 amide bonds. The summed E-state index contributed by atoms with van der Waals surface area (Å²) in [4.78, 5) is 14.6. The van der Waals surface area contributed by atoms with Gasteiger partial charge in [-0.05, 0) is 65.3 Å². The summed E-state index contributed by atoms with van der Waals surface area (Å²) in [6, 6.07) is 48.2. The standard InChI is InChI=1S/C38H36N2.C10H10N2.Ir/c1-25-27(16-12-19-30(25)37(5,6)7)33-20-13-21-34(40-33)38(35-24-26(22-23-39-35)36(2,3)4)31-17-10-8-14-28(31)29-15-9-11-18-32(29)38;1-11-7-8-12(9-11)10-5-3-2-4-6-10;/h8-15,17,19-24H,1-7H3;2-5,7-9H,1H3;/q2*-2;/t38-;;/m1../s1. The van der Waals surface area contributed by atoms with Crippen LogP contribution in [0, 0.1) is 31.8 Å². The van der Waals surface area contributed by atoms with E-state index < -0.39 is 5.41 Å². The number of fused-ring (bicyclic) bond motifs is 3. The van der Waals surface area contributed by atoms with E-state index in [2.05, 4.69) is 139 Å². The minimum Gasteiger partial charge on any atom is -0.510 e. The fourth-order valence-corrected chi connectivity index (χ4v) is 7.49. The minimum absolute atomic E-state index is 0. The average molecular weight is 871 g/mol. The summed E-state index contributed by atoms with van der Waals surface area (Å²) in [5, 5.41) is 0. The van der Waals surface area contributed by atoms with E-state index in [1.54, 1.807) is 0 Å². The molecule has 0 N–H and O–H groups in total. The molecule has 53 heavy (non-hydrogen) atoms. The van der Waals surface area contributed by atoms with Crippen LogP contribution < -0.4 is 4.90 Å². The SMILES string of the molecule is CN1C=CN(c2[c-]cccc2)[CH-]1.Cc1c(-c2cccc([C@]3(c4cc(C(C)(C)C)ccn4)c4[c-]cccc4-c4ccccc43)n2)[c-]ccc1C(C)(C)C.[Ir]. The second-order valence-electron chi connectivity index (χ2n) is 15.7. The molecule has 1 radical (unpaired) electrons. The van der Waals surface area contributed by atoms with Gasteiger partial charge in [0.2, 0.25) is 0 Å². The van der Waals surface area contributed by atoms with Crippen molar-refractivity contribution in [1.82, 2.24) is 14.9 Å². The van der Waals surface area contributed by atoms with E-state index in [0.717, 1.165) is 33.9 Å². The zero-order valence-corrected chi connectivity index (χ0v) is 34.2. The summed E-state index contributed by atoms with van der Waals surface area (Å²) in [6.07, 6.45) is 5.96. The van der Waals surface area contributed by atoms with Gasteiger partial charge >= 0.3 is 0 Å². The molecule has 0 saturated carbocycles. The summed E-state index contributed by atoms with van der Waals surface area (Å²) in [5.74, 6) is 0. The molecular weight excluding hydrogens is 825 g/mol. The maximum Gasteiger partial charge on any atom is 0.0814 e. The Morgan fingerprint density at radius 2 is 1.45 bits per heavy atom. The average Bonchev–Trinajstić information content (AvgIpc) is 3.71. The van der Waals surface area contributed by atoms with Crippen molar-refractivity contribution < 1.29 is 20.1 Å². The molecule has 1 atom stereocenters. The molecule has 4 aromatic carbocycles. The van der Waals surface area contributed by atoms with Crippen LogP contribution in [0.15, 0.2) is 128 Å². The van der Waals surface area contributed by atoms with Gasteiger partial charge in [0.05, 0.1) is 11.1 Å². The predicted octanol–water partition coefficient (Wildman–Crippen LogP) is 10.8. The second kappa shape index (κ2) is 14.9. The molecule has 2 aromatic heterocycles. The van der Waals surface area contributed by atoms with Gasteiger partial charge in [0.1, 0.15) is 0 Å². The fourth-order valence-electron chi connectivity index (χ4n) is 7.49.